The molecule has 0 atom stereocenters. The highest BCUT2D eigenvalue weighted by molar-refractivity contribution is 5.21. The Balaban J connectivity index is 2.33. The van der Waals surface area contributed by atoms with Gasteiger partial charge >= 0.3 is 6.01 Å². The van der Waals surface area contributed by atoms with E-state index in [0.29, 0.717) is 31.6 Å². The fourth-order valence-electron chi connectivity index (χ4n) is 1.09. The number of rotatable bonds is 8. The molecular formula is C9H18N4O3. The SMILES string of the molecule is COCCNCc1nnc(N(C)CCO)o1. The zero-order chi connectivity index (χ0) is 11.8. The van der Waals surface area contributed by atoms with E-state index in [1.807, 2.05) is 0 Å². The van der Waals surface area contributed by atoms with E-state index in [2.05, 4.69) is 15.5 Å². The van der Waals surface area contributed by atoms with Gasteiger partial charge in [-0.15, -0.1) is 5.10 Å². The molecule has 1 heterocycles. The second-order valence-electron chi connectivity index (χ2n) is 3.29. The van der Waals surface area contributed by atoms with Gasteiger partial charge in [-0.2, -0.15) is 0 Å². The lowest BCUT2D eigenvalue weighted by atomic mass is 10.6. The van der Waals surface area contributed by atoms with Crippen LogP contribution in [0.3, 0.4) is 0 Å². The van der Waals surface area contributed by atoms with Gasteiger partial charge in [-0.3, -0.25) is 0 Å². The molecule has 0 fully saturated rings. The van der Waals surface area contributed by atoms with Gasteiger partial charge in [-0.1, -0.05) is 5.10 Å². The van der Waals surface area contributed by atoms with Crippen LogP contribution in [0.2, 0.25) is 0 Å². The van der Waals surface area contributed by atoms with Crippen LogP contribution in [0.1, 0.15) is 5.89 Å². The van der Waals surface area contributed by atoms with E-state index in [4.69, 9.17) is 14.3 Å². The number of anilines is 1. The molecule has 0 radical (unpaired) electrons. The van der Waals surface area contributed by atoms with E-state index in [9.17, 15) is 0 Å². The number of aliphatic hydroxyl groups excluding tert-OH is 1. The molecule has 0 aliphatic heterocycles. The summed E-state index contributed by atoms with van der Waals surface area (Å²) in [7, 11) is 3.43. The number of nitrogens with zero attached hydrogens (tertiary/aromatic N) is 3. The van der Waals surface area contributed by atoms with Crippen LogP contribution in [0.4, 0.5) is 6.01 Å². The summed E-state index contributed by atoms with van der Waals surface area (Å²) >= 11 is 0. The number of nitrogens with one attached hydrogen (secondary N) is 1. The van der Waals surface area contributed by atoms with E-state index in [-0.39, 0.29) is 6.61 Å². The smallest absolute Gasteiger partial charge is 0.318 e. The number of aromatic nitrogens is 2. The van der Waals surface area contributed by atoms with Gasteiger partial charge in [0.05, 0.1) is 19.8 Å². The van der Waals surface area contributed by atoms with Gasteiger partial charge in [0, 0.05) is 27.2 Å². The molecular weight excluding hydrogens is 212 g/mol. The molecule has 7 nitrogen and oxygen atoms in total. The van der Waals surface area contributed by atoms with Crippen LogP contribution >= 0.6 is 0 Å². The topological polar surface area (TPSA) is 83.7 Å². The van der Waals surface area contributed by atoms with E-state index in [1.54, 1.807) is 19.1 Å². The maximum absolute atomic E-state index is 8.75. The number of hydrogen-bond donors (Lipinski definition) is 2. The van der Waals surface area contributed by atoms with Gasteiger partial charge < -0.3 is 24.5 Å². The molecule has 1 rings (SSSR count). The Morgan fingerprint density at radius 2 is 2.31 bits per heavy atom. The van der Waals surface area contributed by atoms with Crippen molar-refractivity contribution in [1.82, 2.24) is 15.5 Å². The van der Waals surface area contributed by atoms with Gasteiger partial charge in [0.2, 0.25) is 5.89 Å². The highest BCUT2D eigenvalue weighted by Crippen LogP contribution is 2.09. The quantitative estimate of drug-likeness (QED) is 0.567. The molecule has 1 aromatic rings. The summed E-state index contributed by atoms with van der Waals surface area (Å²) in [5, 5.41) is 19.6. The average molecular weight is 230 g/mol. The van der Waals surface area contributed by atoms with Crippen LogP contribution in [-0.4, -0.2) is 55.8 Å². The average Bonchev–Trinajstić information content (AvgIpc) is 2.73. The fourth-order valence-corrected chi connectivity index (χ4v) is 1.09. The lowest BCUT2D eigenvalue weighted by Gasteiger charge is -2.10. The molecule has 0 saturated carbocycles. The molecule has 0 aromatic carbocycles. The lowest BCUT2D eigenvalue weighted by molar-refractivity contribution is 0.198. The monoisotopic (exact) mass is 230 g/mol. The number of aliphatic hydroxyl groups is 1. The maximum Gasteiger partial charge on any atom is 0.318 e. The first-order valence-electron chi connectivity index (χ1n) is 5.12. The molecule has 7 heteroatoms. The molecule has 0 saturated heterocycles. The highest BCUT2D eigenvalue weighted by atomic mass is 16.5. The maximum atomic E-state index is 8.75. The number of likely N-dealkylation sites (N-methyl/N-ethyl adjacent to an activating group) is 1. The van der Waals surface area contributed by atoms with Crippen molar-refractivity contribution in [3.8, 4) is 0 Å². The zero-order valence-electron chi connectivity index (χ0n) is 9.64. The van der Waals surface area contributed by atoms with Crippen molar-refractivity contribution in [2.45, 2.75) is 6.54 Å². The molecule has 0 spiro atoms. The van der Waals surface area contributed by atoms with E-state index < -0.39 is 0 Å². The Morgan fingerprint density at radius 1 is 1.50 bits per heavy atom. The van der Waals surface area contributed by atoms with E-state index >= 15 is 0 Å². The summed E-state index contributed by atoms with van der Waals surface area (Å²) < 4.78 is 10.3. The van der Waals surface area contributed by atoms with Gasteiger partial charge in [0.15, 0.2) is 0 Å². The van der Waals surface area contributed by atoms with Crippen LogP contribution < -0.4 is 10.2 Å². The predicted octanol–water partition coefficient (Wildman–Crippen LogP) is -0.766. The van der Waals surface area contributed by atoms with Crippen molar-refractivity contribution >= 4 is 6.01 Å². The second-order valence-corrected chi connectivity index (χ2v) is 3.29. The Kier molecular flexibility index (Phi) is 5.76. The minimum Gasteiger partial charge on any atom is -0.407 e. The molecule has 0 aliphatic rings. The largest absolute Gasteiger partial charge is 0.407 e. The highest BCUT2D eigenvalue weighted by Gasteiger charge is 2.09. The first-order chi connectivity index (χ1) is 7.77. The molecule has 0 unspecified atom stereocenters. The summed E-state index contributed by atoms with van der Waals surface area (Å²) in [6, 6.07) is 0.414. The van der Waals surface area contributed by atoms with E-state index in [1.165, 1.54) is 0 Å². The van der Waals surface area contributed by atoms with Crippen molar-refractivity contribution in [2.75, 3.05) is 45.4 Å². The Labute approximate surface area is 94.4 Å². The molecule has 16 heavy (non-hydrogen) atoms. The molecule has 0 bridgehead atoms. The Bertz CT molecular complexity index is 292. The number of methoxy groups -OCH3 is 1. The minimum absolute atomic E-state index is 0.0559. The molecule has 0 amide bonds. The second kappa shape index (κ2) is 7.15. The fraction of sp³-hybridized carbons (Fsp3) is 0.778. The zero-order valence-corrected chi connectivity index (χ0v) is 9.64. The Hall–Kier alpha value is -1.18. The summed E-state index contributed by atoms with van der Waals surface area (Å²) in [5.41, 5.74) is 0. The van der Waals surface area contributed by atoms with Gasteiger partial charge in [-0.25, -0.2) is 0 Å². The lowest BCUT2D eigenvalue weighted by Crippen LogP contribution is -2.21. The summed E-state index contributed by atoms with van der Waals surface area (Å²) in [5.74, 6) is 0.524. The van der Waals surface area contributed by atoms with Crippen LogP contribution in [0.15, 0.2) is 4.42 Å². The first kappa shape index (κ1) is 12.9. The third-order valence-corrected chi connectivity index (χ3v) is 1.98. The Morgan fingerprint density at radius 3 is 3.00 bits per heavy atom. The third-order valence-electron chi connectivity index (χ3n) is 1.98. The molecule has 1 aromatic heterocycles. The minimum atomic E-state index is 0.0559. The van der Waals surface area contributed by atoms with Gasteiger partial charge in [0.25, 0.3) is 0 Å². The van der Waals surface area contributed by atoms with E-state index in [0.717, 1.165) is 6.54 Å². The normalized spacial score (nSPS) is 10.7. The summed E-state index contributed by atoms with van der Waals surface area (Å²) in [6.45, 7) is 2.43. The summed E-state index contributed by atoms with van der Waals surface area (Å²) in [4.78, 5) is 1.70. The predicted molar refractivity (Wildman–Crippen MR) is 58.2 cm³/mol. The standard InChI is InChI=1S/C9H18N4O3/c1-13(4-5-14)9-12-11-8(16-9)7-10-3-6-15-2/h10,14H,3-7H2,1-2H3. The van der Waals surface area contributed by atoms with Gasteiger partial charge in [0.1, 0.15) is 0 Å². The van der Waals surface area contributed by atoms with Crippen LogP contribution in [0.5, 0.6) is 0 Å². The molecule has 0 aliphatic carbocycles. The van der Waals surface area contributed by atoms with Crippen molar-refractivity contribution in [1.29, 1.82) is 0 Å². The number of hydrogen-bond acceptors (Lipinski definition) is 7. The van der Waals surface area contributed by atoms with Gasteiger partial charge in [-0.05, 0) is 0 Å². The third kappa shape index (κ3) is 4.13. The van der Waals surface area contributed by atoms with Crippen LogP contribution in [0, 0.1) is 0 Å². The first-order valence-corrected chi connectivity index (χ1v) is 5.12. The molecule has 2 N–H and O–H groups in total. The van der Waals surface area contributed by atoms with Crippen LogP contribution in [0.25, 0.3) is 0 Å². The van der Waals surface area contributed by atoms with Crippen molar-refractivity contribution in [3.63, 3.8) is 0 Å². The van der Waals surface area contributed by atoms with Crippen molar-refractivity contribution in [3.05, 3.63) is 5.89 Å². The van der Waals surface area contributed by atoms with Crippen molar-refractivity contribution < 1.29 is 14.3 Å². The van der Waals surface area contributed by atoms with Crippen molar-refractivity contribution in [2.24, 2.45) is 0 Å². The van der Waals surface area contributed by atoms with Crippen LogP contribution in [-0.2, 0) is 11.3 Å². The summed E-state index contributed by atoms with van der Waals surface area (Å²) in [6.07, 6.45) is 0. The molecule has 92 valence electrons. The number of ether oxygens (including phenoxy) is 1.